The summed E-state index contributed by atoms with van der Waals surface area (Å²) < 4.78 is 0. The highest BCUT2D eigenvalue weighted by Crippen LogP contribution is 2.12. The minimum Gasteiger partial charge on any atom is -0.282 e. The molecule has 0 aliphatic carbocycles. The molecule has 0 aromatic heterocycles. The Morgan fingerprint density at radius 1 is 1.33 bits per heavy atom. The first-order valence-electron chi connectivity index (χ1n) is 4.06. The minimum absolute atomic E-state index is 0.178. The Balaban J connectivity index is 2.54. The van der Waals surface area contributed by atoms with Crippen molar-refractivity contribution in [3.8, 4) is 0 Å². The molecule has 0 aliphatic rings. The van der Waals surface area contributed by atoms with Gasteiger partial charge in [0.25, 0.3) is 0 Å². The first-order chi connectivity index (χ1) is 5.84. The fourth-order valence-electron chi connectivity index (χ4n) is 0.852. The van der Waals surface area contributed by atoms with E-state index >= 15 is 0 Å². The van der Waals surface area contributed by atoms with Gasteiger partial charge in [0.2, 0.25) is 5.12 Å². The van der Waals surface area contributed by atoms with Gasteiger partial charge in [-0.1, -0.05) is 49.0 Å². The van der Waals surface area contributed by atoms with Gasteiger partial charge in [0.15, 0.2) is 0 Å². The predicted octanol–water partition coefficient (Wildman–Crippen LogP) is 2.97. The second-order valence-electron chi connectivity index (χ2n) is 2.50. The lowest BCUT2D eigenvalue weighted by Gasteiger charge is -1.97. The molecule has 12 heavy (non-hydrogen) atoms. The van der Waals surface area contributed by atoms with Crippen LogP contribution in [0.4, 0.5) is 0 Å². The van der Waals surface area contributed by atoms with Gasteiger partial charge in [0.05, 0.1) is 0 Å². The molecule has 1 nitrogen and oxygen atoms in total. The summed E-state index contributed by atoms with van der Waals surface area (Å²) in [7, 11) is 0. The average molecular weight is 180 g/mol. The third kappa shape index (κ3) is 2.70. The van der Waals surface area contributed by atoms with Crippen LogP contribution in [0.5, 0.6) is 0 Å². The van der Waals surface area contributed by atoms with Crippen LogP contribution >= 0.6 is 11.8 Å². The Labute approximate surface area is 77.2 Å². The molecule has 0 N–H and O–H groups in total. The van der Waals surface area contributed by atoms with Crippen molar-refractivity contribution in [3.63, 3.8) is 0 Å². The molecule has 2 heteroatoms. The molecule has 0 amide bonds. The predicted molar refractivity (Wildman–Crippen MR) is 53.5 cm³/mol. The third-order valence-electron chi connectivity index (χ3n) is 1.45. The molecule has 0 spiro atoms. The van der Waals surface area contributed by atoms with Gasteiger partial charge in [-0.2, -0.15) is 0 Å². The van der Waals surface area contributed by atoms with Crippen LogP contribution in [0.3, 0.4) is 0 Å². The maximum absolute atomic E-state index is 11.4. The van der Waals surface area contributed by atoms with Crippen LogP contribution in [0.25, 0.3) is 0 Å². The fourth-order valence-corrected chi connectivity index (χ4v) is 1.54. The zero-order valence-corrected chi connectivity index (χ0v) is 7.93. The molecular formula is C10H12OS. The monoisotopic (exact) mass is 180 g/mol. The van der Waals surface area contributed by atoms with Crippen molar-refractivity contribution < 1.29 is 4.79 Å². The normalized spacial score (nSPS) is 9.75. The summed E-state index contributed by atoms with van der Waals surface area (Å²) >= 11 is 1.39. The molecule has 0 saturated heterocycles. The molecule has 0 atom stereocenters. The van der Waals surface area contributed by atoms with E-state index in [9.17, 15) is 4.79 Å². The molecule has 64 valence electrons. The average Bonchev–Trinajstić information content (AvgIpc) is 2.15. The van der Waals surface area contributed by atoms with Crippen LogP contribution in [0.15, 0.2) is 30.3 Å². The smallest absolute Gasteiger partial charge is 0.219 e. The van der Waals surface area contributed by atoms with Crippen molar-refractivity contribution in [3.05, 3.63) is 35.9 Å². The Morgan fingerprint density at radius 3 is 2.58 bits per heavy atom. The number of rotatable bonds is 3. The van der Waals surface area contributed by atoms with Crippen LogP contribution < -0.4 is 0 Å². The van der Waals surface area contributed by atoms with Gasteiger partial charge in [-0.05, 0) is 6.42 Å². The van der Waals surface area contributed by atoms with Gasteiger partial charge >= 0.3 is 0 Å². The highest BCUT2D eigenvalue weighted by Gasteiger charge is 2.03. The van der Waals surface area contributed by atoms with Gasteiger partial charge in [0, 0.05) is 11.3 Å². The number of benzene rings is 1. The van der Waals surface area contributed by atoms with Gasteiger partial charge in [-0.3, -0.25) is 4.79 Å². The zero-order valence-electron chi connectivity index (χ0n) is 7.12. The van der Waals surface area contributed by atoms with Crippen LogP contribution in [0.2, 0.25) is 0 Å². The third-order valence-corrected chi connectivity index (χ3v) is 2.56. The van der Waals surface area contributed by atoms with E-state index in [2.05, 4.69) is 6.92 Å². The summed E-state index contributed by atoms with van der Waals surface area (Å²) in [5.41, 5.74) is 0.802. The summed E-state index contributed by atoms with van der Waals surface area (Å²) in [5, 5.41) is 0.178. The Hall–Kier alpha value is -0.760. The SMILES string of the molecule is CCCSC(=O)c1ccccc1. The van der Waals surface area contributed by atoms with E-state index < -0.39 is 0 Å². The van der Waals surface area contributed by atoms with Crippen molar-refractivity contribution in [2.45, 2.75) is 13.3 Å². The highest BCUT2D eigenvalue weighted by molar-refractivity contribution is 8.14. The van der Waals surface area contributed by atoms with Gasteiger partial charge in [0.1, 0.15) is 0 Å². The van der Waals surface area contributed by atoms with E-state index in [-0.39, 0.29) is 5.12 Å². The second kappa shape index (κ2) is 4.99. The van der Waals surface area contributed by atoms with Crippen molar-refractivity contribution >= 4 is 16.9 Å². The fraction of sp³-hybridized carbons (Fsp3) is 0.300. The van der Waals surface area contributed by atoms with E-state index in [1.165, 1.54) is 11.8 Å². The number of hydrogen-bond acceptors (Lipinski definition) is 2. The van der Waals surface area contributed by atoms with Gasteiger partial charge < -0.3 is 0 Å². The van der Waals surface area contributed by atoms with E-state index in [0.29, 0.717) is 0 Å². The maximum Gasteiger partial charge on any atom is 0.219 e. The highest BCUT2D eigenvalue weighted by atomic mass is 32.2. The number of hydrogen-bond donors (Lipinski definition) is 0. The van der Waals surface area contributed by atoms with Crippen molar-refractivity contribution in [2.75, 3.05) is 5.75 Å². The maximum atomic E-state index is 11.4. The topological polar surface area (TPSA) is 17.1 Å². The molecule has 1 rings (SSSR count). The largest absolute Gasteiger partial charge is 0.282 e. The van der Waals surface area contributed by atoms with Crippen LogP contribution in [0.1, 0.15) is 23.7 Å². The number of carbonyl (C=O) groups is 1. The molecule has 0 unspecified atom stereocenters. The van der Waals surface area contributed by atoms with E-state index in [0.717, 1.165) is 17.7 Å². The lowest BCUT2D eigenvalue weighted by atomic mass is 10.2. The van der Waals surface area contributed by atoms with Crippen LogP contribution in [-0.2, 0) is 0 Å². The summed E-state index contributed by atoms with van der Waals surface area (Å²) in [6.45, 7) is 2.07. The van der Waals surface area contributed by atoms with Crippen LogP contribution in [0, 0.1) is 0 Å². The summed E-state index contributed by atoms with van der Waals surface area (Å²) in [6.07, 6.45) is 1.04. The van der Waals surface area contributed by atoms with Crippen molar-refractivity contribution in [1.29, 1.82) is 0 Å². The summed E-state index contributed by atoms with van der Waals surface area (Å²) in [5.74, 6) is 0.910. The van der Waals surface area contributed by atoms with Crippen LogP contribution in [-0.4, -0.2) is 10.9 Å². The number of thioether (sulfide) groups is 1. The molecule has 0 bridgehead atoms. The molecule has 0 aliphatic heterocycles. The lowest BCUT2D eigenvalue weighted by molar-refractivity contribution is 0.108. The Bertz CT molecular complexity index is 243. The molecule has 0 heterocycles. The molecular weight excluding hydrogens is 168 g/mol. The summed E-state index contributed by atoms with van der Waals surface area (Å²) in [6, 6.07) is 9.40. The first kappa shape index (κ1) is 9.33. The standard InChI is InChI=1S/C10H12OS/c1-2-8-12-10(11)9-6-4-3-5-7-9/h3-7H,2,8H2,1H3. The van der Waals surface area contributed by atoms with E-state index in [1.807, 2.05) is 30.3 Å². The van der Waals surface area contributed by atoms with Crippen molar-refractivity contribution in [2.24, 2.45) is 0 Å². The molecule has 1 aromatic rings. The minimum atomic E-state index is 0.178. The van der Waals surface area contributed by atoms with E-state index in [4.69, 9.17) is 0 Å². The molecule has 0 saturated carbocycles. The van der Waals surface area contributed by atoms with E-state index in [1.54, 1.807) is 0 Å². The summed E-state index contributed by atoms with van der Waals surface area (Å²) in [4.78, 5) is 11.4. The second-order valence-corrected chi connectivity index (χ2v) is 3.57. The Morgan fingerprint density at radius 2 is 2.00 bits per heavy atom. The van der Waals surface area contributed by atoms with Crippen molar-refractivity contribution in [1.82, 2.24) is 0 Å². The first-order valence-corrected chi connectivity index (χ1v) is 5.05. The molecule has 0 fully saturated rings. The zero-order chi connectivity index (χ0) is 8.81. The lowest BCUT2D eigenvalue weighted by Crippen LogP contribution is -1.93. The van der Waals surface area contributed by atoms with Gasteiger partial charge in [-0.25, -0.2) is 0 Å². The Kier molecular flexibility index (Phi) is 3.88. The van der Waals surface area contributed by atoms with Gasteiger partial charge in [-0.15, -0.1) is 0 Å². The molecule has 1 aromatic carbocycles. The molecule has 0 radical (unpaired) electrons. The number of carbonyl (C=O) groups excluding carboxylic acids is 1. The quantitative estimate of drug-likeness (QED) is 0.711.